The third-order valence-electron chi connectivity index (χ3n) is 2.71. The van der Waals surface area contributed by atoms with Crippen LogP contribution in [0.2, 0.25) is 0 Å². The molecule has 0 saturated heterocycles. The van der Waals surface area contributed by atoms with Gasteiger partial charge in [0.25, 0.3) is 0 Å². The van der Waals surface area contributed by atoms with Gasteiger partial charge >= 0.3 is 0 Å². The number of nitrogens with two attached hydrogens (primary N) is 1. The zero-order chi connectivity index (χ0) is 13.1. The summed E-state index contributed by atoms with van der Waals surface area (Å²) in [6.45, 7) is 2.53. The van der Waals surface area contributed by atoms with Crippen LogP contribution in [0.25, 0.3) is 0 Å². The largest absolute Gasteiger partial charge is 0.493 e. The summed E-state index contributed by atoms with van der Waals surface area (Å²) in [4.78, 5) is 0. The molecule has 1 aromatic carbocycles. The van der Waals surface area contributed by atoms with E-state index in [-0.39, 0.29) is 0 Å². The molecule has 0 fully saturated rings. The molecular formula is C13H17N3O2. The number of rotatable bonds is 4. The second-order valence-electron chi connectivity index (χ2n) is 4.06. The van der Waals surface area contributed by atoms with Gasteiger partial charge in [-0.2, -0.15) is 5.10 Å². The first kappa shape index (κ1) is 12.3. The number of benzene rings is 1. The molecule has 0 unspecified atom stereocenters. The SMILES string of the molecule is COc1ccc(Cn2nc(C)cc2N)cc1OC. The van der Waals surface area contributed by atoms with E-state index in [1.165, 1.54) is 0 Å². The lowest BCUT2D eigenvalue weighted by atomic mass is 10.2. The lowest BCUT2D eigenvalue weighted by Gasteiger charge is -2.10. The fraction of sp³-hybridized carbons (Fsp3) is 0.308. The molecule has 18 heavy (non-hydrogen) atoms. The predicted octanol–water partition coefficient (Wildman–Crippen LogP) is 1.84. The molecule has 1 aromatic heterocycles. The summed E-state index contributed by atoms with van der Waals surface area (Å²) in [5, 5.41) is 4.32. The molecular weight excluding hydrogens is 230 g/mol. The van der Waals surface area contributed by atoms with Crippen LogP contribution in [-0.2, 0) is 6.54 Å². The summed E-state index contributed by atoms with van der Waals surface area (Å²) in [6, 6.07) is 7.62. The van der Waals surface area contributed by atoms with Crippen LogP contribution >= 0.6 is 0 Å². The van der Waals surface area contributed by atoms with Crippen molar-refractivity contribution in [2.45, 2.75) is 13.5 Å². The molecule has 1 heterocycles. The molecule has 0 aliphatic heterocycles. The Bertz CT molecular complexity index is 549. The predicted molar refractivity (Wildman–Crippen MR) is 70.0 cm³/mol. The van der Waals surface area contributed by atoms with E-state index < -0.39 is 0 Å². The van der Waals surface area contributed by atoms with Gasteiger partial charge in [0.05, 0.1) is 26.5 Å². The number of nitrogen functional groups attached to an aromatic ring is 1. The van der Waals surface area contributed by atoms with Crippen molar-refractivity contribution in [2.24, 2.45) is 0 Å². The molecule has 0 spiro atoms. The third kappa shape index (κ3) is 2.40. The van der Waals surface area contributed by atoms with Crippen molar-refractivity contribution in [1.29, 1.82) is 0 Å². The average Bonchev–Trinajstić information content (AvgIpc) is 2.67. The minimum absolute atomic E-state index is 0.611. The molecule has 0 saturated carbocycles. The van der Waals surface area contributed by atoms with Crippen LogP contribution in [-0.4, -0.2) is 24.0 Å². The molecule has 0 amide bonds. The van der Waals surface area contributed by atoms with Gasteiger partial charge in [0.15, 0.2) is 11.5 Å². The van der Waals surface area contributed by atoms with Crippen molar-refractivity contribution in [1.82, 2.24) is 9.78 Å². The summed E-state index contributed by atoms with van der Waals surface area (Å²) in [7, 11) is 3.24. The van der Waals surface area contributed by atoms with Gasteiger partial charge in [-0.1, -0.05) is 6.07 Å². The Morgan fingerprint density at radius 1 is 1.17 bits per heavy atom. The molecule has 0 aliphatic rings. The highest BCUT2D eigenvalue weighted by Crippen LogP contribution is 2.28. The van der Waals surface area contributed by atoms with Gasteiger partial charge in [-0.25, -0.2) is 4.68 Å². The number of methoxy groups -OCH3 is 2. The molecule has 2 aromatic rings. The Labute approximate surface area is 106 Å². The molecule has 0 bridgehead atoms. The quantitative estimate of drug-likeness (QED) is 0.895. The molecule has 5 heteroatoms. The average molecular weight is 247 g/mol. The van der Waals surface area contributed by atoms with Crippen LogP contribution in [0.1, 0.15) is 11.3 Å². The van der Waals surface area contributed by atoms with Crippen molar-refractivity contribution in [3.05, 3.63) is 35.5 Å². The van der Waals surface area contributed by atoms with E-state index in [1.54, 1.807) is 18.9 Å². The maximum atomic E-state index is 5.86. The van der Waals surface area contributed by atoms with E-state index in [0.717, 1.165) is 11.3 Å². The maximum absolute atomic E-state index is 5.86. The monoisotopic (exact) mass is 247 g/mol. The summed E-state index contributed by atoms with van der Waals surface area (Å²) in [6.07, 6.45) is 0. The number of nitrogens with zero attached hydrogens (tertiary/aromatic N) is 2. The highest BCUT2D eigenvalue weighted by atomic mass is 16.5. The van der Waals surface area contributed by atoms with Gasteiger partial charge in [-0.05, 0) is 24.6 Å². The zero-order valence-corrected chi connectivity index (χ0v) is 10.8. The van der Waals surface area contributed by atoms with Crippen LogP contribution in [0.5, 0.6) is 11.5 Å². The number of anilines is 1. The molecule has 0 atom stereocenters. The van der Waals surface area contributed by atoms with Gasteiger partial charge in [0.1, 0.15) is 5.82 Å². The highest BCUT2D eigenvalue weighted by molar-refractivity contribution is 5.43. The van der Waals surface area contributed by atoms with E-state index in [4.69, 9.17) is 15.2 Å². The topological polar surface area (TPSA) is 62.3 Å². The van der Waals surface area contributed by atoms with Crippen LogP contribution in [0.4, 0.5) is 5.82 Å². The first-order valence-corrected chi connectivity index (χ1v) is 5.65. The van der Waals surface area contributed by atoms with Crippen molar-refractivity contribution < 1.29 is 9.47 Å². The minimum atomic E-state index is 0.611. The minimum Gasteiger partial charge on any atom is -0.493 e. The van der Waals surface area contributed by atoms with E-state index >= 15 is 0 Å². The van der Waals surface area contributed by atoms with Crippen LogP contribution < -0.4 is 15.2 Å². The van der Waals surface area contributed by atoms with Gasteiger partial charge in [-0.3, -0.25) is 0 Å². The van der Waals surface area contributed by atoms with Crippen LogP contribution in [0.3, 0.4) is 0 Å². The van der Waals surface area contributed by atoms with Crippen molar-refractivity contribution in [3.63, 3.8) is 0 Å². The summed E-state index contributed by atoms with van der Waals surface area (Å²) >= 11 is 0. The fourth-order valence-electron chi connectivity index (χ4n) is 1.84. The molecule has 96 valence electrons. The smallest absolute Gasteiger partial charge is 0.161 e. The Morgan fingerprint density at radius 2 is 1.89 bits per heavy atom. The Kier molecular flexibility index (Phi) is 3.41. The lowest BCUT2D eigenvalue weighted by Crippen LogP contribution is -2.06. The van der Waals surface area contributed by atoms with Gasteiger partial charge in [-0.15, -0.1) is 0 Å². The standard InChI is InChI=1S/C13H17N3O2/c1-9-6-13(14)16(15-9)8-10-4-5-11(17-2)12(7-10)18-3/h4-7H,8,14H2,1-3H3. The van der Waals surface area contributed by atoms with Gasteiger partial charge < -0.3 is 15.2 Å². The van der Waals surface area contributed by atoms with E-state index in [0.29, 0.717) is 23.9 Å². The van der Waals surface area contributed by atoms with Crippen molar-refractivity contribution >= 4 is 5.82 Å². The Hall–Kier alpha value is -2.17. The van der Waals surface area contributed by atoms with E-state index in [9.17, 15) is 0 Å². The van der Waals surface area contributed by atoms with Gasteiger partial charge in [0.2, 0.25) is 0 Å². The Morgan fingerprint density at radius 3 is 2.44 bits per heavy atom. The maximum Gasteiger partial charge on any atom is 0.161 e. The second kappa shape index (κ2) is 5.00. The van der Waals surface area contributed by atoms with Crippen molar-refractivity contribution in [3.8, 4) is 11.5 Å². The number of aromatic nitrogens is 2. The number of aryl methyl sites for hydroxylation is 1. The number of hydrogen-bond donors (Lipinski definition) is 1. The molecule has 0 radical (unpaired) electrons. The van der Waals surface area contributed by atoms with Crippen LogP contribution in [0.15, 0.2) is 24.3 Å². The highest BCUT2D eigenvalue weighted by Gasteiger charge is 2.07. The summed E-state index contributed by atoms with van der Waals surface area (Å²) in [5.41, 5.74) is 7.83. The normalized spacial score (nSPS) is 10.4. The lowest BCUT2D eigenvalue weighted by molar-refractivity contribution is 0.354. The number of hydrogen-bond acceptors (Lipinski definition) is 4. The Balaban J connectivity index is 2.27. The molecule has 0 aliphatic carbocycles. The van der Waals surface area contributed by atoms with Gasteiger partial charge in [0, 0.05) is 6.07 Å². The summed E-state index contributed by atoms with van der Waals surface area (Å²) < 4.78 is 12.2. The van der Waals surface area contributed by atoms with Crippen molar-refractivity contribution in [2.75, 3.05) is 20.0 Å². The molecule has 2 N–H and O–H groups in total. The molecule has 2 rings (SSSR count). The van der Waals surface area contributed by atoms with E-state index in [1.807, 2.05) is 31.2 Å². The number of ether oxygens (including phenoxy) is 2. The second-order valence-corrected chi connectivity index (χ2v) is 4.06. The first-order valence-electron chi connectivity index (χ1n) is 5.65. The zero-order valence-electron chi connectivity index (χ0n) is 10.8. The van der Waals surface area contributed by atoms with E-state index in [2.05, 4.69) is 5.10 Å². The first-order chi connectivity index (χ1) is 8.63. The van der Waals surface area contributed by atoms with Crippen LogP contribution in [0, 0.1) is 6.92 Å². The third-order valence-corrected chi connectivity index (χ3v) is 2.71. The summed E-state index contributed by atoms with van der Waals surface area (Å²) in [5.74, 6) is 2.07. The molecule has 5 nitrogen and oxygen atoms in total. The fourth-order valence-corrected chi connectivity index (χ4v) is 1.84.